The second kappa shape index (κ2) is 3.11. The monoisotopic (exact) mass is 231 g/mol. The van der Waals surface area contributed by atoms with Gasteiger partial charge in [0.2, 0.25) is 0 Å². The fourth-order valence-electron chi connectivity index (χ4n) is 4.47. The van der Waals surface area contributed by atoms with Crippen LogP contribution in [0.5, 0.6) is 0 Å². The zero-order valence-electron chi connectivity index (χ0n) is 10.9. The molecule has 2 heteroatoms. The maximum atomic E-state index is 11.4. The summed E-state index contributed by atoms with van der Waals surface area (Å²) < 4.78 is 0. The molecule has 0 radical (unpaired) electrons. The Balaban J connectivity index is 2.18. The zero-order valence-corrected chi connectivity index (χ0v) is 10.9. The number of rotatable bonds is 1. The van der Waals surface area contributed by atoms with Crippen LogP contribution in [-0.2, 0) is 5.60 Å². The van der Waals surface area contributed by atoms with E-state index in [1.165, 1.54) is 6.42 Å². The number of aliphatic hydroxyl groups is 1. The SMILES string of the molecule is CC12CCC(C1)C(C)(C)C2(O)c1ccccn1. The minimum atomic E-state index is -0.774. The third-order valence-electron chi connectivity index (χ3n) is 5.60. The molecule has 2 aliphatic carbocycles. The van der Waals surface area contributed by atoms with Crippen molar-refractivity contribution in [3.63, 3.8) is 0 Å². The lowest BCUT2D eigenvalue weighted by molar-refractivity contribution is -0.153. The molecule has 0 spiro atoms. The first-order valence-corrected chi connectivity index (χ1v) is 6.56. The molecule has 2 aliphatic rings. The van der Waals surface area contributed by atoms with Crippen LogP contribution >= 0.6 is 0 Å². The highest BCUT2D eigenvalue weighted by Gasteiger charge is 2.69. The van der Waals surface area contributed by atoms with Crippen LogP contribution in [0.25, 0.3) is 0 Å². The Morgan fingerprint density at radius 1 is 1.29 bits per heavy atom. The lowest BCUT2D eigenvalue weighted by Crippen LogP contribution is -2.51. The summed E-state index contributed by atoms with van der Waals surface area (Å²) in [5.74, 6) is 0.625. The molecule has 1 heterocycles. The molecule has 3 atom stereocenters. The first kappa shape index (κ1) is 11.2. The molecule has 3 rings (SSSR count). The molecule has 2 saturated carbocycles. The molecule has 1 aromatic heterocycles. The third-order valence-corrected chi connectivity index (χ3v) is 5.60. The lowest BCUT2D eigenvalue weighted by atomic mass is 9.59. The van der Waals surface area contributed by atoms with Crippen molar-refractivity contribution in [2.45, 2.75) is 45.6 Å². The van der Waals surface area contributed by atoms with Crippen LogP contribution < -0.4 is 0 Å². The summed E-state index contributed by atoms with van der Waals surface area (Å²) in [4.78, 5) is 4.44. The van der Waals surface area contributed by atoms with Crippen molar-refractivity contribution in [3.05, 3.63) is 30.1 Å². The molecule has 0 amide bonds. The van der Waals surface area contributed by atoms with Gasteiger partial charge in [0.25, 0.3) is 0 Å². The van der Waals surface area contributed by atoms with Crippen LogP contribution in [0.15, 0.2) is 24.4 Å². The smallest absolute Gasteiger partial charge is 0.117 e. The van der Waals surface area contributed by atoms with Gasteiger partial charge in [-0.25, -0.2) is 0 Å². The Morgan fingerprint density at radius 3 is 2.59 bits per heavy atom. The maximum absolute atomic E-state index is 11.4. The molecule has 17 heavy (non-hydrogen) atoms. The first-order valence-electron chi connectivity index (χ1n) is 6.56. The first-order chi connectivity index (χ1) is 7.92. The highest BCUT2D eigenvalue weighted by molar-refractivity contribution is 5.28. The van der Waals surface area contributed by atoms with Gasteiger partial charge in [0.15, 0.2) is 0 Å². The minimum Gasteiger partial charge on any atom is -0.382 e. The highest BCUT2D eigenvalue weighted by atomic mass is 16.3. The van der Waals surface area contributed by atoms with Gasteiger partial charge in [-0.05, 0) is 37.3 Å². The number of aromatic nitrogens is 1. The van der Waals surface area contributed by atoms with E-state index in [2.05, 4.69) is 25.8 Å². The van der Waals surface area contributed by atoms with Gasteiger partial charge in [0.05, 0.1) is 5.69 Å². The van der Waals surface area contributed by atoms with Crippen LogP contribution in [0, 0.1) is 16.7 Å². The Morgan fingerprint density at radius 2 is 2.06 bits per heavy atom. The van der Waals surface area contributed by atoms with Crippen molar-refractivity contribution >= 4 is 0 Å². The van der Waals surface area contributed by atoms with E-state index in [9.17, 15) is 5.11 Å². The summed E-state index contributed by atoms with van der Waals surface area (Å²) in [7, 11) is 0. The van der Waals surface area contributed by atoms with Crippen molar-refractivity contribution < 1.29 is 5.11 Å². The molecule has 1 N–H and O–H groups in total. The van der Waals surface area contributed by atoms with Gasteiger partial charge >= 0.3 is 0 Å². The number of fused-ring (bicyclic) bond motifs is 2. The molecular weight excluding hydrogens is 210 g/mol. The van der Waals surface area contributed by atoms with Crippen LogP contribution in [0.2, 0.25) is 0 Å². The average Bonchev–Trinajstić information content (AvgIpc) is 2.78. The molecule has 2 nitrogen and oxygen atoms in total. The van der Waals surface area contributed by atoms with Gasteiger partial charge in [0, 0.05) is 17.0 Å². The Kier molecular flexibility index (Phi) is 2.05. The van der Waals surface area contributed by atoms with Gasteiger partial charge in [-0.15, -0.1) is 0 Å². The van der Waals surface area contributed by atoms with Crippen molar-refractivity contribution in [2.24, 2.45) is 16.7 Å². The Hall–Kier alpha value is -0.890. The summed E-state index contributed by atoms with van der Waals surface area (Å²) >= 11 is 0. The molecule has 92 valence electrons. The number of pyridine rings is 1. The molecule has 0 aromatic carbocycles. The molecule has 1 aromatic rings. The molecule has 2 fully saturated rings. The van der Waals surface area contributed by atoms with Crippen molar-refractivity contribution in [1.29, 1.82) is 0 Å². The summed E-state index contributed by atoms with van der Waals surface area (Å²) in [6, 6.07) is 5.87. The van der Waals surface area contributed by atoms with E-state index in [0.29, 0.717) is 5.92 Å². The van der Waals surface area contributed by atoms with E-state index in [4.69, 9.17) is 0 Å². The number of hydrogen-bond donors (Lipinski definition) is 1. The van der Waals surface area contributed by atoms with Crippen LogP contribution in [0.4, 0.5) is 0 Å². The quantitative estimate of drug-likeness (QED) is 0.805. The third kappa shape index (κ3) is 1.12. The van der Waals surface area contributed by atoms with Crippen molar-refractivity contribution in [1.82, 2.24) is 4.98 Å². The van der Waals surface area contributed by atoms with E-state index in [1.54, 1.807) is 6.20 Å². The summed E-state index contributed by atoms with van der Waals surface area (Å²) in [5.41, 5.74) is 0.00308. The normalized spacial score (nSPS) is 42.9. The molecule has 3 unspecified atom stereocenters. The second-order valence-corrected chi connectivity index (χ2v) is 6.65. The van der Waals surface area contributed by atoms with Gasteiger partial charge < -0.3 is 5.11 Å². The highest BCUT2D eigenvalue weighted by Crippen LogP contribution is 2.71. The predicted octanol–water partition coefficient (Wildman–Crippen LogP) is 3.12. The standard InChI is InChI=1S/C15H21NO/c1-13(2)11-7-8-14(3,10-11)15(13,17)12-6-4-5-9-16-12/h4-6,9,11,17H,7-8,10H2,1-3H3. The Bertz CT molecular complexity index is 435. The summed E-state index contributed by atoms with van der Waals surface area (Å²) in [5, 5.41) is 11.4. The Labute approximate surface area is 103 Å². The van der Waals surface area contributed by atoms with E-state index in [1.807, 2.05) is 18.2 Å². The molecule has 0 saturated heterocycles. The fraction of sp³-hybridized carbons (Fsp3) is 0.667. The van der Waals surface area contributed by atoms with E-state index >= 15 is 0 Å². The van der Waals surface area contributed by atoms with E-state index in [-0.39, 0.29) is 10.8 Å². The average molecular weight is 231 g/mol. The molecular formula is C15H21NO. The molecule has 2 bridgehead atoms. The topological polar surface area (TPSA) is 33.1 Å². The van der Waals surface area contributed by atoms with Crippen LogP contribution in [0.1, 0.15) is 45.7 Å². The minimum absolute atomic E-state index is 0.00444. The zero-order chi connectivity index (χ0) is 12.3. The predicted molar refractivity (Wildman–Crippen MR) is 67.4 cm³/mol. The van der Waals surface area contributed by atoms with Crippen LogP contribution in [0.3, 0.4) is 0 Å². The van der Waals surface area contributed by atoms with Gasteiger partial charge in [-0.3, -0.25) is 4.98 Å². The van der Waals surface area contributed by atoms with E-state index < -0.39 is 5.60 Å². The molecule has 0 aliphatic heterocycles. The maximum Gasteiger partial charge on any atom is 0.117 e. The van der Waals surface area contributed by atoms with Gasteiger partial charge in [-0.1, -0.05) is 26.8 Å². The summed E-state index contributed by atoms with van der Waals surface area (Å²) in [6.45, 7) is 6.64. The second-order valence-electron chi connectivity index (χ2n) is 6.65. The van der Waals surface area contributed by atoms with Gasteiger partial charge in [0.1, 0.15) is 5.60 Å². The fourth-order valence-corrected chi connectivity index (χ4v) is 4.47. The largest absolute Gasteiger partial charge is 0.382 e. The van der Waals surface area contributed by atoms with Crippen LogP contribution in [-0.4, -0.2) is 10.1 Å². The van der Waals surface area contributed by atoms with E-state index in [0.717, 1.165) is 18.5 Å². The van der Waals surface area contributed by atoms with Crippen molar-refractivity contribution in [2.75, 3.05) is 0 Å². The lowest BCUT2D eigenvalue weighted by Gasteiger charge is -2.50. The van der Waals surface area contributed by atoms with Gasteiger partial charge in [-0.2, -0.15) is 0 Å². The number of hydrogen-bond acceptors (Lipinski definition) is 2. The van der Waals surface area contributed by atoms with Crippen molar-refractivity contribution in [3.8, 4) is 0 Å². The summed E-state index contributed by atoms with van der Waals surface area (Å²) in [6.07, 6.45) is 5.29. The number of nitrogens with zero attached hydrogens (tertiary/aromatic N) is 1.